The Bertz CT molecular complexity index is 771. The summed E-state index contributed by atoms with van der Waals surface area (Å²) < 4.78 is 5.34. The molecule has 25 heavy (non-hydrogen) atoms. The molecule has 1 saturated carbocycles. The first kappa shape index (κ1) is 17.0. The maximum absolute atomic E-state index is 11.7. The second-order valence-electron chi connectivity index (χ2n) is 6.29. The topological polar surface area (TPSA) is 124 Å². The average molecular weight is 346 g/mol. The van der Waals surface area contributed by atoms with Gasteiger partial charge in [-0.2, -0.15) is 0 Å². The summed E-state index contributed by atoms with van der Waals surface area (Å²) in [6, 6.07) is 9.12. The summed E-state index contributed by atoms with van der Waals surface area (Å²) in [6.07, 6.45) is 1.01. The maximum Gasteiger partial charge on any atom is 0.343 e. The Morgan fingerprint density at radius 2 is 2.08 bits per heavy atom. The molecule has 1 aliphatic heterocycles. The average Bonchev–Trinajstić information content (AvgIpc) is 2.99. The van der Waals surface area contributed by atoms with Gasteiger partial charge in [0.15, 0.2) is 17.1 Å². The van der Waals surface area contributed by atoms with Crippen molar-refractivity contribution in [2.45, 2.75) is 6.42 Å². The van der Waals surface area contributed by atoms with Crippen LogP contribution in [0.1, 0.15) is 16.8 Å². The molecule has 0 amide bonds. The van der Waals surface area contributed by atoms with E-state index < -0.39 is 5.97 Å². The second-order valence-corrected chi connectivity index (χ2v) is 6.29. The molecule has 0 spiro atoms. The van der Waals surface area contributed by atoms with Gasteiger partial charge in [-0.1, -0.05) is 35.5 Å². The quantitative estimate of drug-likeness (QED) is 0.713. The monoisotopic (exact) mass is 346 g/mol. The predicted molar refractivity (Wildman–Crippen MR) is 87.4 cm³/mol. The minimum Gasteiger partial charge on any atom is -0.483 e. The van der Waals surface area contributed by atoms with Crippen LogP contribution >= 0.6 is 0 Å². The summed E-state index contributed by atoms with van der Waals surface area (Å²) in [5.74, 6) is 0.0258. The molecule has 1 aromatic carbocycles. The number of hydrogen-bond acceptors (Lipinski definition) is 6. The van der Waals surface area contributed by atoms with E-state index in [0.29, 0.717) is 23.8 Å². The zero-order valence-corrected chi connectivity index (χ0v) is 13.3. The van der Waals surface area contributed by atoms with Crippen LogP contribution in [0.5, 0.6) is 0 Å². The minimum absolute atomic E-state index is 0.0678. The van der Waals surface area contributed by atoms with E-state index in [1.807, 2.05) is 23.1 Å². The van der Waals surface area contributed by atoms with Crippen molar-refractivity contribution in [3.8, 4) is 11.3 Å². The maximum atomic E-state index is 11.7. The SMILES string of the molecule is O=C(O)c1c(N2C[C@H]3C[C@@]3(CO)C2)noc1-c1ccccc1.O=CO. The Kier molecular flexibility index (Phi) is 4.45. The van der Waals surface area contributed by atoms with Gasteiger partial charge in [-0.25, -0.2) is 4.79 Å². The zero-order chi connectivity index (χ0) is 18.0. The molecule has 2 aliphatic rings. The van der Waals surface area contributed by atoms with Crippen LogP contribution in [0, 0.1) is 11.3 Å². The molecule has 2 aromatic rings. The molecule has 0 bridgehead atoms. The lowest BCUT2D eigenvalue weighted by molar-refractivity contribution is -0.122. The molecule has 8 heteroatoms. The molecule has 2 fully saturated rings. The lowest BCUT2D eigenvalue weighted by Gasteiger charge is -2.19. The number of aromatic nitrogens is 1. The van der Waals surface area contributed by atoms with Gasteiger partial charge in [-0.3, -0.25) is 4.79 Å². The van der Waals surface area contributed by atoms with Gasteiger partial charge in [0.2, 0.25) is 0 Å². The molecule has 1 aromatic heterocycles. The third-order valence-corrected chi connectivity index (χ3v) is 4.84. The fourth-order valence-electron chi connectivity index (χ4n) is 3.48. The molecule has 1 saturated heterocycles. The van der Waals surface area contributed by atoms with Crippen LogP contribution in [0.3, 0.4) is 0 Å². The smallest absolute Gasteiger partial charge is 0.343 e. The molecule has 132 valence electrons. The Morgan fingerprint density at radius 1 is 1.40 bits per heavy atom. The number of rotatable bonds is 4. The van der Waals surface area contributed by atoms with Gasteiger partial charge in [0.05, 0.1) is 6.61 Å². The van der Waals surface area contributed by atoms with Crippen molar-refractivity contribution >= 4 is 18.3 Å². The van der Waals surface area contributed by atoms with Crippen molar-refractivity contribution in [3.63, 3.8) is 0 Å². The summed E-state index contributed by atoms with van der Waals surface area (Å²) in [5, 5.41) is 30.0. The first-order chi connectivity index (χ1) is 12.1. The van der Waals surface area contributed by atoms with Crippen molar-refractivity contribution in [1.82, 2.24) is 5.16 Å². The molecule has 0 radical (unpaired) electrons. The number of anilines is 1. The number of carboxylic acids is 1. The highest BCUT2D eigenvalue weighted by Gasteiger charge is 2.60. The van der Waals surface area contributed by atoms with Crippen molar-refractivity contribution < 1.29 is 29.4 Å². The van der Waals surface area contributed by atoms with Crippen molar-refractivity contribution in [2.24, 2.45) is 11.3 Å². The van der Waals surface area contributed by atoms with E-state index >= 15 is 0 Å². The Labute approximate surface area is 143 Å². The normalized spacial score (nSPS) is 23.4. The standard InChI is InChI=1S/C16H16N2O4.CH2O2/c19-9-16-6-11(16)7-18(8-16)14-12(15(20)21)13(22-17-14)10-4-2-1-3-5-10;2-1-3/h1-5,11,19H,6-9H2,(H,20,21);1H,(H,2,3)/t11-,16+;/m1./s1. The molecule has 3 N–H and O–H groups in total. The van der Waals surface area contributed by atoms with Crippen LogP contribution in [0.2, 0.25) is 0 Å². The lowest BCUT2D eigenvalue weighted by Crippen LogP contribution is -2.27. The van der Waals surface area contributed by atoms with Gasteiger partial charge in [-0.15, -0.1) is 0 Å². The third-order valence-electron chi connectivity index (χ3n) is 4.84. The number of nitrogens with zero attached hydrogens (tertiary/aromatic N) is 2. The number of carbonyl (C=O) groups is 2. The van der Waals surface area contributed by atoms with Crippen molar-refractivity contribution in [1.29, 1.82) is 0 Å². The van der Waals surface area contributed by atoms with Crippen LogP contribution in [-0.2, 0) is 4.79 Å². The number of aliphatic hydroxyl groups excluding tert-OH is 1. The molecule has 4 rings (SSSR count). The van der Waals surface area contributed by atoms with Gasteiger partial charge in [0.25, 0.3) is 6.47 Å². The summed E-state index contributed by atoms with van der Waals surface area (Å²) in [5.41, 5.74) is 0.724. The van der Waals surface area contributed by atoms with Crippen LogP contribution in [0.4, 0.5) is 5.82 Å². The number of carboxylic acid groups (broad SMARTS) is 2. The number of fused-ring (bicyclic) bond motifs is 1. The Morgan fingerprint density at radius 3 is 2.64 bits per heavy atom. The van der Waals surface area contributed by atoms with Crippen molar-refractivity contribution in [2.75, 3.05) is 24.6 Å². The highest BCUT2D eigenvalue weighted by molar-refractivity contribution is 5.99. The summed E-state index contributed by atoms with van der Waals surface area (Å²) >= 11 is 0. The lowest BCUT2D eigenvalue weighted by atomic mass is 10.1. The molecular formula is C17H18N2O6. The van der Waals surface area contributed by atoms with E-state index in [4.69, 9.17) is 14.4 Å². The molecule has 2 heterocycles. The van der Waals surface area contributed by atoms with E-state index in [-0.39, 0.29) is 29.8 Å². The fraction of sp³-hybridized carbons (Fsp3) is 0.353. The minimum atomic E-state index is -1.05. The number of aromatic carboxylic acids is 1. The Hall–Kier alpha value is -2.87. The number of aliphatic hydroxyl groups is 1. The van der Waals surface area contributed by atoms with Crippen LogP contribution < -0.4 is 4.90 Å². The molecule has 0 unspecified atom stereocenters. The van der Waals surface area contributed by atoms with E-state index in [9.17, 15) is 15.0 Å². The third kappa shape index (κ3) is 2.96. The van der Waals surface area contributed by atoms with E-state index in [1.54, 1.807) is 12.1 Å². The van der Waals surface area contributed by atoms with E-state index in [1.165, 1.54) is 0 Å². The number of hydrogen-bond donors (Lipinski definition) is 3. The number of benzene rings is 1. The summed E-state index contributed by atoms with van der Waals surface area (Å²) in [6.45, 7) is 1.25. The fourth-order valence-corrected chi connectivity index (χ4v) is 3.48. The second kappa shape index (κ2) is 6.56. The molecular weight excluding hydrogens is 328 g/mol. The highest BCUT2D eigenvalue weighted by Crippen LogP contribution is 2.58. The van der Waals surface area contributed by atoms with E-state index in [0.717, 1.165) is 13.0 Å². The first-order valence-corrected chi connectivity index (χ1v) is 7.78. The van der Waals surface area contributed by atoms with Gasteiger partial charge >= 0.3 is 5.97 Å². The first-order valence-electron chi connectivity index (χ1n) is 7.78. The summed E-state index contributed by atoms with van der Waals surface area (Å²) in [7, 11) is 0. The van der Waals surface area contributed by atoms with Crippen LogP contribution in [-0.4, -0.2) is 52.6 Å². The zero-order valence-electron chi connectivity index (χ0n) is 13.3. The van der Waals surface area contributed by atoms with Crippen molar-refractivity contribution in [3.05, 3.63) is 35.9 Å². The van der Waals surface area contributed by atoms with Gasteiger partial charge in [0, 0.05) is 24.1 Å². The number of piperidine rings is 1. The molecule has 2 atom stereocenters. The van der Waals surface area contributed by atoms with Gasteiger partial charge in [0.1, 0.15) is 0 Å². The Balaban J connectivity index is 0.000000569. The van der Waals surface area contributed by atoms with Gasteiger partial charge < -0.3 is 24.7 Å². The molecule has 8 nitrogen and oxygen atoms in total. The highest BCUT2D eigenvalue weighted by atomic mass is 16.5. The van der Waals surface area contributed by atoms with Crippen LogP contribution in [0.15, 0.2) is 34.9 Å². The van der Waals surface area contributed by atoms with Crippen LogP contribution in [0.25, 0.3) is 11.3 Å². The molecule has 1 aliphatic carbocycles. The predicted octanol–water partition coefficient (Wildman–Crippen LogP) is 1.56. The summed E-state index contributed by atoms with van der Waals surface area (Å²) in [4.78, 5) is 22.0. The van der Waals surface area contributed by atoms with Gasteiger partial charge in [-0.05, 0) is 12.3 Å². The largest absolute Gasteiger partial charge is 0.483 e. The van der Waals surface area contributed by atoms with E-state index in [2.05, 4.69) is 5.16 Å².